The number of nitrogens with zero attached hydrogens (tertiary/aromatic N) is 3. The molecule has 3 N–H and O–H groups in total. The van der Waals surface area contributed by atoms with Crippen molar-refractivity contribution in [3.63, 3.8) is 0 Å². The molecule has 0 aromatic heterocycles. The molecule has 27 heavy (non-hydrogen) atoms. The lowest BCUT2D eigenvalue weighted by molar-refractivity contribution is -0.135. The van der Waals surface area contributed by atoms with Crippen LogP contribution < -0.4 is 5.73 Å². The Morgan fingerprint density at radius 3 is 2.37 bits per heavy atom. The van der Waals surface area contributed by atoms with Gasteiger partial charge in [-0.15, -0.1) is 24.8 Å². The lowest BCUT2D eigenvalue weighted by Crippen LogP contribution is -2.59. The second-order valence-electron chi connectivity index (χ2n) is 6.85. The number of anilines is 1. The van der Waals surface area contributed by atoms with Crippen LogP contribution in [-0.4, -0.2) is 77.1 Å². The summed E-state index contributed by atoms with van der Waals surface area (Å²) in [6, 6.07) is 7.30. The molecule has 2 amide bonds. The number of nitrogens with two attached hydrogens (primary N) is 1. The van der Waals surface area contributed by atoms with Crippen molar-refractivity contribution >= 4 is 42.5 Å². The summed E-state index contributed by atoms with van der Waals surface area (Å²) >= 11 is 0. The first-order chi connectivity index (χ1) is 12.0. The number of rotatable bonds is 4. The number of benzene rings is 1. The summed E-state index contributed by atoms with van der Waals surface area (Å²) in [6.45, 7) is 3.97. The third kappa shape index (κ3) is 5.89. The van der Waals surface area contributed by atoms with Gasteiger partial charge in [0.1, 0.15) is 0 Å². The van der Waals surface area contributed by atoms with E-state index in [1.807, 2.05) is 23.1 Å². The van der Waals surface area contributed by atoms with E-state index in [0.717, 1.165) is 25.2 Å². The maximum Gasteiger partial charge on any atom is 0.407 e. The third-order valence-electron chi connectivity index (χ3n) is 5.14. The maximum atomic E-state index is 12.9. The van der Waals surface area contributed by atoms with Gasteiger partial charge in [0.05, 0.1) is 12.5 Å². The topological polar surface area (TPSA) is 90.1 Å². The highest BCUT2D eigenvalue weighted by Crippen LogP contribution is 2.18. The number of carbonyl (C=O) groups excluding carboxylic acids is 1. The molecule has 0 spiro atoms. The van der Waals surface area contributed by atoms with Crippen molar-refractivity contribution in [3.8, 4) is 0 Å². The molecule has 0 aliphatic carbocycles. The number of halogens is 2. The molecule has 2 heterocycles. The van der Waals surface area contributed by atoms with Gasteiger partial charge in [0.2, 0.25) is 5.91 Å². The van der Waals surface area contributed by atoms with Crippen LogP contribution in [0.2, 0.25) is 0 Å². The van der Waals surface area contributed by atoms with E-state index in [4.69, 9.17) is 5.73 Å². The smallest absolute Gasteiger partial charge is 0.407 e. The number of nitrogen functional groups attached to an aromatic ring is 1. The molecule has 1 atom stereocenters. The molecule has 1 aromatic rings. The molecule has 2 aliphatic heterocycles. The Morgan fingerprint density at radius 1 is 1.07 bits per heavy atom. The van der Waals surface area contributed by atoms with E-state index in [-0.39, 0.29) is 43.2 Å². The van der Waals surface area contributed by atoms with Crippen LogP contribution in [0.1, 0.15) is 18.4 Å². The van der Waals surface area contributed by atoms with Crippen LogP contribution in [0.4, 0.5) is 10.5 Å². The minimum atomic E-state index is -0.911. The highest BCUT2D eigenvalue weighted by Gasteiger charge is 2.34. The Morgan fingerprint density at radius 2 is 1.74 bits per heavy atom. The Hall–Kier alpha value is -1.70. The number of carbonyl (C=O) groups is 2. The van der Waals surface area contributed by atoms with Crippen molar-refractivity contribution in [1.29, 1.82) is 0 Å². The fourth-order valence-electron chi connectivity index (χ4n) is 3.74. The van der Waals surface area contributed by atoms with Gasteiger partial charge in [0.25, 0.3) is 0 Å². The zero-order chi connectivity index (χ0) is 17.8. The van der Waals surface area contributed by atoms with Gasteiger partial charge in [-0.3, -0.25) is 4.79 Å². The van der Waals surface area contributed by atoms with Crippen LogP contribution >= 0.6 is 24.8 Å². The third-order valence-corrected chi connectivity index (χ3v) is 5.14. The molecule has 2 aliphatic rings. The molecule has 0 bridgehead atoms. The molecular formula is C18H28Cl2N4O3. The monoisotopic (exact) mass is 418 g/mol. The van der Waals surface area contributed by atoms with Gasteiger partial charge in [-0.25, -0.2) is 4.79 Å². The predicted molar refractivity (Wildman–Crippen MR) is 110 cm³/mol. The van der Waals surface area contributed by atoms with E-state index < -0.39 is 6.09 Å². The fraction of sp³-hybridized carbons (Fsp3) is 0.556. The maximum absolute atomic E-state index is 12.9. The van der Waals surface area contributed by atoms with Gasteiger partial charge >= 0.3 is 6.09 Å². The summed E-state index contributed by atoms with van der Waals surface area (Å²) in [7, 11) is 0. The lowest BCUT2D eigenvalue weighted by atomic mass is 10.1. The van der Waals surface area contributed by atoms with Gasteiger partial charge in [-0.2, -0.15) is 0 Å². The number of piperazine rings is 1. The van der Waals surface area contributed by atoms with Crippen molar-refractivity contribution in [2.45, 2.75) is 25.3 Å². The predicted octanol–water partition coefficient (Wildman–Crippen LogP) is 1.94. The number of likely N-dealkylation sites (tertiary alicyclic amines) is 1. The Labute approximate surface area is 172 Å². The Balaban J connectivity index is 0.00000182. The van der Waals surface area contributed by atoms with Crippen LogP contribution in [0.15, 0.2) is 24.3 Å². The van der Waals surface area contributed by atoms with Gasteiger partial charge in [0, 0.05) is 31.9 Å². The normalized spacial score (nSPS) is 19.9. The molecule has 3 rings (SSSR count). The first-order valence-electron chi connectivity index (χ1n) is 8.87. The number of hydrogen-bond donors (Lipinski definition) is 2. The summed E-state index contributed by atoms with van der Waals surface area (Å²) < 4.78 is 0. The van der Waals surface area contributed by atoms with Crippen molar-refractivity contribution in [2.24, 2.45) is 0 Å². The van der Waals surface area contributed by atoms with E-state index in [1.165, 1.54) is 17.7 Å². The van der Waals surface area contributed by atoms with E-state index >= 15 is 0 Å². The van der Waals surface area contributed by atoms with Gasteiger partial charge in [-0.1, -0.05) is 18.2 Å². The van der Waals surface area contributed by atoms with Crippen LogP contribution in [-0.2, 0) is 11.2 Å². The summed E-state index contributed by atoms with van der Waals surface area (Å²) in [5.74, 6) is 0.0205. The van der Waals surface area contributed by atoms with E-state index in [9.17, 15) is 14.7 Å². The molecule has 2 fully saturated rings. The molecular weight excluding hydrogens is 391 g/mol. The van der Waals surface area contributed by atoms with Crippen molar-refractivity contribution in [2.75, 3.05) is 45.0 Å². The highest BCUT2D eigenvalue weighted by atomic mass is 35.5. The highest BCUT2D eigenvalue weighted by molar-refractivity contribution is 5.85. The molecule has 1 aromatic carbocycles. The molecule has 0 radical (unpaired) electrons. The minimum Gasteiger partial charge on any atom is -0.465 e. The van der Waals surface area contributed by atoms with Gasteiger partial charge < -0.3 is 25.5 Å². The van der Waals surface area contributed by atoms with E-state index in [1.54, 1.807) is 6.07 Å². The molecule has 0 saturated carbocycles. The van der Waals surface area contributed by atoms with Crippen molar-refractivity contribution < 1.29 is 14.7 Å². The average Bonchev–Trinajstić information content (AvgIpc) is 3.09. The molecule has 2 saturated heterocycles. The lowest BCUT2D eigenvalue weighted by Gasteiger charge is -2.42. The van der Waals surface area contributed by atoms with Crippen molar-refractivity contribution in [1.82, 2.24) is 14.7 Å². The van der Waals surface area contributed by atoms with Crippen LogP contribution in [0, 0.1) is 0 Å². The number of carboxylic acid groups (broad SMARTS) is 1. The van der Waals surface area contributed by atoms with E-state index in [2.05, 4.69) is 4.90 Å². The number of para-hydroxylation sites is 1. The van der Waals surface area contributed by atoms with Gasteiger partial charge in [-0.05, 0) is 37.6 Å². The zero-order valence-corrected chi connectivity index (χ0v) is 16.9. The summed E-state index contributed by atoms with van der Waals surface area (Å²) in [6.07, 6.45) is 1.69. The standard InChI is InChI=1S/C18H26N4O3.2ClH/c19-16-6-2-1-5-14(16)11-17(23)22-10-9-21(18(24)25)13-15(22)12-20-7-3-4-8-20;;/h1-2,5-6,15H,3-4,7-13,19H2,(H,24,25);2*1H. The summed E-state index contributed by atoms with van der Waals surface area (Å²) in [4.78, 5) is 29.8. The van der Waals surface area contributed by atoms with Crippen LogP contribution in [0.5, 0.6) is 0 Å². The largest absolute Gasteiger partial charge is 0.465 e. The first kappa shape index (κ1) is 23.3. The number of amides is 2. The SMILES string of the molecule is Cl.Cl.Nc1ccccc1CC(=O)N1CCN(C(=O)O)CC1CN1CCCC1. The minimum absolute atomic E-state index is 0. The fourth-order valence-corrected chi connectivity index (χ4v) is 3.74. The summed E-state index contributed by atoms with van der Waals surface area (Å²) in [5.41, 5.74) is 7.41. The Kier molecular flexibility index (Phi) is 9.15. The zero-order valence-electron chi connectivity index (χ0n) is 15.2. The van der Waals surface area contributed by atoms with Crippen molar-refractivity contribution in [3.05, 3.63) is 29.8 Å². The first-order valence-corrected chi connectivity index (χ1v) is 8.87. The number of hydrogen-bond acceptors (Lipinski definition) is 4. The Bertz CT molecular complexity index is 641. The average molecular weight is 419 g/mol. The van der Waals surface area contributed by atoms with Crippen LogP contribution in [0.25, 0.3) is 0 Å². The quantitative estimate of drug-likeness (QED) is 0.729. The molecule has 7 nitrogen and oxygen atoms in total. The summed E-state index contributed by atoms with van der Waals surface area (Å²) in [5, 5.41) is 9.31. The molecule has 1 unspecified atom stereocenters. The van der Waals surface area contributed by atoms with E-state index in [0.29, 0.717) is 25.3 Å². The molecule has 152 valence electrons. The second-order valence-corrected chi connectivity index (χ2v) is 6.85. The second kappa shape index (κ2) is 10.6. The van der Waals surface area contributed by atoms with Crippen LogP contribution in [0.3, 0.4) is 0 Å². The van der Waals surface area contributed by atoms with Gasteiger partial charge in [0.15, 0.2) is 0 Å². The molecule has 9 heteroatoms.